The van der Waals surface area contributed by atoms with Crippen molar-refractivity contribution in [1.82, 2.24) is 14.6 Å². The zero-order chi connectivity index (χ0) is 30.0. The fourth-order valence-electron chi connectivity index (χ4n) is 3.83. The van der Waals surface area contributed by atoms with Crippen LogP contribution in [-0.2, 0) is 18.4 Å². The van der Waals surface area contributed by atoms with Crippen LogP contribution in [0, 0.1) is 5.82 Å². The van der Waals surface area contributed by atoms with Gasteiger partial charge in [0.25, 0.3) is 5.56 Å². The Hall–Kier alpha value is -3.47. The predicted molar refractivity (Wildman–Crippen MR) is 155 cm³/mol. The highest BCUT2D eigenvalue weighted by Gasteiger charge is 2.30. The van der Waals surface area contributed by atoms with Crippen molar-refractivity contribution >= 4 is 23.2 Å². The molecule has 0 aliphatic carbocycles. The zero-order valence-corrected chi connectivity index (χ0v) is 24.9. The summed E-state index contributed by atoms with van der Waals surface area (Å²) in [5.74, 6) is -0.692. The molecule has 0 aliphatic heterocycles. The van der Waals surface area contributed by atoms with Crippen molar-refractivity contribution in [2.24, 2.45) is 7.05 Å². The van der Waals surface area contributed by atoms with Crippen molar-refractivity contribution in [1.29, 1.82) is 0 Å². The van der Waals surface area contributed by atoms with Gasteiger partial charge in [0.2, 0.25) is 0 Å². The minimum atomic E-state index is -1.45. The number of ketones is 1. The Labute approximate surface area is 237 Å². The molecule has 214 valence electrons. The third kappa shape index (κ3) is 7.80. The van der Waals surface area contributed by atoms with Crippen LogP contribution in [0.2, 0.25) is 0 Å². The lowest BCUT2D eigenvalue weighted by Crippen LogP contribution is -2.42. The summed E-state index contributed by atoms with van der Waals surface area (Å²) >= 11 is -1.45. The molecule has 2 N–H and O–H groups in total. The Kier molecular flexibility index (Phi) is 9.28. The molecular formula is C30H36FN3O5S. The van der Waals surface area contributed by atoms with E-state index in [0.29, 0.717) is 16.7 Å². The number of aryl methyl sites for hydroxylation is 1. The van der Waals surface area contributed by atoms with Crippen molar-refractivity contribution in [3.05, 3.63) is 87.6 Å². The molecule has 1 aromatic heterocycles. The molecule has 0 aliphatic rings. The van der Waals surface area contributed by atoms with Crippen LogP contribution in [0.3, 0.4) is 0 Å². The van der Waals surface area contributed by atoms with E-state index >= 15 is 0 Å². The average Bonchev–Trinajstić information content (AvgIpc) is 2.83. The first-order valence-electron chi connectivity index (χ1n) is 12.8. The number of pyridine rings is 1. The van der Waals surface area contributed by atoms with E-state index in [4.69, 9.17) is 4.74 Å². The van der Waals surface area contributed by atoms with E-state index in [2.05, 4.69) is 10.0 Å². The highest BCUT2D eigenvalue weighted by Crippen LogP contribution is 2.35. The molecule has 3 aromatic rings. The fraction of sp³-hybridized carbons (Fsp3) is 0.367. The van der Waals surface area contributed by atoms with Gasteiger partial charge in [-0.15, -0.1) is 4.72 Å². The standard InChI is InChI=1S/C30H36FN3O5S/c1-18(33-40(38)30(5,6)7)23-16-26(35)34(8)17-25(23)24-15-21(39-28(37)32-29(2,3)4)13-14-22(24)27(36)19-9-11-20(31)12-10-19/h9-18,33H,1-8H3,(H,32,37)/t18-,40-/m0/s1. The topological polar surface area (TPSA) is 112 Å². The number of nitrogens with zero attached hydrogens (tertiary/aromatic N) is 1. The third-order valence-corrected chi connectivity index (χ3v) is 7.57. The van der Waals surface area contributed by atoms with Gasteiger partial charge in [-0.05, 0) is 102 Å². The lowest BCUT2D eigenvalue weighted by Gasteiger charge is -2.27. The number of halogens is 1. The second-order valence-corrected chi connectivity index (χ2v) is 13.6. The van der Waals surface area contributed by atoms with Crippen LogP contribution in [0.5, 0.6) is 5.75 Å². The third-order valence-electron chi connectivity index (χ3n) is 5.89. The predicted octanol–water partition coefficient (Wildman–Crippen LogP) is 5.42. The first-order chi connectivity index (χ1) is 18.5. The van der Waals surface area contributed by atoms with E-state index in [-0.39, 0.29) is 28.2 Å². The molecule has 0 unspecified atom stereocenters. The van der Waals surface area contributed by atoms with Crippen LogP contribution in [0.1, 0.15) is 76.0 Å². The molecule has 2 atom stereocenters. The van der Waals surface area contributed by atoms with Crippen LogP contribution in [0.4, 0.5) is 9.18 Å². The molecule has 10 heteroatoms. The van der Waals surface area contributed by atoms with Crippen molar-refractivity contribution in [3.8, 4) is 16.9 Å². The minimum Gasteiger partial charge on any atom is -0.598 e. The normalized spacial score (nSPS) is 13.4. The molecule has 2 aromatic carbocycles. The van der Waals surface area contributed by atoms with Gasteiger partial charge in [0, 0.05) is 52.9 Å². The van der Waals surface area contributed by atoms with Crippen molar-refractivity contribution in [2.75, 3.05) is 0 Å². The number of benzene rings is 2. The molecule has 0 bridgehead atoms. The van der Waals surface area contributed by atoms with E-state index in [1.54, 1.807) is 26.2 Å². The molecule has 1 heterocycles. The summed E-state index contributed by atoms with van der Waals surface area (Å²) in [6, 6.07) is 10.6. The molecule has 1 amide bonds. The van der Waals surface area contributed by atoms with Crippen molar-refractivity contribution in [3.63, 3.8) is 0 Å². The molecule has 0 spiro atoms. The second kappa shape index (κ2) is 12.0. The highest BCUT2D eigenvalue weighted by molar-refractivity contribution is 7.90. The number of nitrogens with one attached hydrogen (secondary N) is 2. The summed E-state index contributed by atoms with van der Waals surface area (Å²) < 4.78 is 35.9. The Bertz CT molecular complexity index is 1460. The summed E-state index contributed by atoms with van der Waals surface area (Å²) in [6.45, 7) is 12.7. The lowest BCUT2D eigenvalue weighted by molar-refractivity contribution is 0.103. The van der Waals surface area contributed by atoms with Gasteiger partial charge in [0.15, 0.2) is 5.78 Å². The molecule has 40 heavy (non-hydrogen) atoms. The molecule has 0 radical (unpaired) electrons. The summed E-state index contributed by atoms with van der Waals surface area (Å²) in [5.41, 5.74) is 1.07. The number of carbonyl (C=O) groups is 2. The Morgan fingerprint density at radius 3 is 2.20 bits per heavy atom. The number of aromatic nitrogens is 1. The van der Waals surface area contributed by atoms with Gasteiger partial charge in [-0.25, -0.2) is 9.18 Å². The van der Waals surface area contributed by atoms with E-state index < -0.39 is 39.6 Å². The number of amides is 1. The van der Waals surface area contributed by atoms with Crippen molar-refractivity contribution in [2.45, 2.75) is 64.8 Å². The quantitative estimate of drug-likeness (QED) is 0.290. The molecule has 3 rings (SSSR count). The maximum Gasteiger partial charge on any atom is 0.413 e. The number of hydrogen-bond acceptors (Lipinski definition) is 6. The van der Waals surface area contributed by atoms with Crippen molar-refractivity contribution < 1.29 is 23.3 Å². The smallest absolute Gasteiger partial charge is 0.413 e. The monoisotopic (exact) mass is 569 g/mol. The number of rotatable bonds is 7. The van der Waals surface area contributed by atoms with Gasteiger partial charge in [0.1, 0.15) is 16.3 Å². The Balaban J connectivity index is 2.21. The first kappa shape index (κ1) is 31.1. The van der Waals surface area contributed by atoms with Crippen LogP contribution >= 0.6 is 0 Å². The largest absolute Gasteiger partial charge is 0.598 e. The van der Waals surface area contributed by atoms with E-state index in [9.17, 15) is 23.3 Å². The van der Waals surface area contributed by atoms with Crippen LogP contribution in [0.25, 0.3) is 11.1 Å². The minimum absolute atomic E-state index is 0.172. The van der Waals surface area contributed by atoms with E-state index in [1.165, 1.54) is 47.0 Å². The van der Waals surface area contributed by atoms with Gasteiger partial charge in [-0.1, -0.05) is 0 Å². The van der Waals surface area contributed by atoms with E-state index in [0.717, 1.165) is 0 Å². The summed E-state index contributed by atoms with van der Waals surface area (Å²) in [5, 5.41) is 2.72. The SMILES string of the molecule is C[C@H](N[S@@+]([O-])C(C)(C)C)c1cc(=O)n(C)cc1-c1cc(OC(=O)NC(C)(C)C)ccc1C(=O)c1ccc(F)cc1. The van der Waals surface area contributed by atoms with Crippen LogP contribution < -0.4 is 20.3 Å². The maximum atomic E-state index is 13.6. The summed E-state index contributed by atoms with van der Waals surface area (Å²) in [6.07, 6.45) is 0.915. The van der Waals surface area contributed by atoms with E-state index in [1.807, 2.05) is 41.5 Å². The number of carbonyl (C=O) groups excluding carboxylic acids is 2. The molecule has 0 saturated heterocycles. The van der Waals surface area contributed by atoms with Gasteiger partial charge in [0.05, 0.1) is 6.04 Å². The van der Waals surface area contributed by atoms with Gasteiger partial charge < -0.3 is 19.2 Å². The summed E-state index contributed by atoms with van der Waals surface area (Å²) in [7, 11) is 1.58. The number of hydrogen-bond donors (Lipinski definition) is 2. The Morgan fingerprint density at radius 1 is 1.00 bits per heavy atom. The Morgan fingerprint density at radius 2 is 1.62 bits per heavy atom. The highest BCUT2D eigenvalue weighted by atomic mass is 32.2. The molecule has 0 fully saturated rings. The lowest BCUT2D eigenvalue weighted by atomic mass is 9.90. The van der Waals surface area contributed by atoms with Gasteiger partial charge >= 0.3 is 6.09 Å². The second-order valence-electron chi connectivity index (χ2n) is 11.6. The average molecular weight is 570 g/mol. The molecule has 0 saturated carbocycles. The van der Waals surface area contributed by atoms with Crippen LogP contribution in [-0.4, -0.2) is 31.3 Å². The summed E-state index contributed by atoms with van der Waals surface area (Å²) in [4.78, 5) is 38.9. The molecular weight excluding hydrogens is 533 g/mol. The molecule has 8 nitrogen and oxygen atoms in total. The number of ether oxygens (including phenoxy) is 1. The maximum absolute atomic E-state index is 13.6. The van der Waals surface area contributed by atoms with Gasteiger partial charge in [-0.3, -0.25) is 9.59 Å². The first-order valence-corrected chi connectivity index (χ1v) is 13.9. The van der Waals surface area contributed by atoms with Crippen LogP contribution in [0.15, 0.2) is 59.5 Å². The fourth-order valence-corrected chi connectivity index (χ4v) is 4.63. The van der Waals surface area contributed by atoms with Gasteiger partial charge in [-0.2, -0.15) is 0 Å². The zero-order valence-electron chi connectivity index (χ0n) is 24.0.